The van der Waals surface area contributed by atoms with Crippen LogP contribution in [0.4, 0.5) is 0 Å². The maximum Gasteiger partial charge on any atom is 0.224 e. The highest BCUT2D eigenvalue weighted by Crippen LogP contribution is 2.19. The second kappa shape index (κ2) is 7.77. The molecule has 1 aliphatic carbocycles. The molecular formula is C19H28N2O. The van der Waals surface area contributed by atoms with Gasteiger partial charge in [0.15, 0.2) is 0 Å². The maximum absolute atomic E-state index is 12.4. The molecule has 1 aromatic rings. The van der Waals surface area contributed by atoms with Gasteiger partial charge in [-0.05, 0) is 30.4 Å². The zero-order valence-corrected chi connectivity index (χ0v) is 13.5. The number of hydrogen-bond acceptors (Lipinski definition) is 2. The van der Waals surface area contributed by atoms with Crippen LogP contribution in [0.15, 0.2) is 24.3 Å². The second-order valence-corrected chi connectivity index (χ2v) is 6.73. The molecule has 3 rings (SSSR count). The van der Waals surface area contributed by atoms with E-state index in [9.17, 15) is 4.79 Å². The van der Waals surface area contributed by atoms with E-state index >= 15 is 0 Å². The third-order valence-electron chi connectivity index (χ3n) is 5.11. The van der Waals surface area contributed by atoms with Gasteiger partial charge in [0.1, 0.15) is 0 Å². The van der Waals surface area contributed by atoms with E-state index in [4.69, 9.17) is 0 Å². The Morgan fingerprint density at radius 2 is 1.82 bits per heavy atom. The number of amides is 1. The molecule has 0 radical (unpaired) electrons. The molecule has 0 atom stereocenters. The lowest BCUT2D eigenvalue weighted by molar-refractivity contribution is -0.132. The Balaban J connectivity index is 1.43. The molecule has 0 spiro atoms. The fourth-order valence-electron chi connectivity index (χ4n) is 3.73. The first-order chi connectivity index (χ1) is 10.8. The summed E-state index contributed by atoms with van der Waals surface area (Å²) in [7, 11) is 0. The largest absolute Gasteiger partial charge is 0.338 e. The van der Waals surface area contributed by atoms with Gasteiger partial charge >= 0.3 is 0 Å². The molecule has 120 valence electrons. The van der Waals surface area contributed by atoms with E-state index in [2.05, 4.69) is 29.6 Å². The highest BCUT2D eigenvalue weighted by molar-refractivity contribution is 5.76. The normalized spacial score (nSPS) is 19.5. The van der Waals surface area contributed by atoms with Crippen LogP contribution in [0.2, 0.25) is 0 Å². The van der Waals surface area contributed by atoms with Gasteiger partial charge < -0.3 is 10.2 Å². The van der Waals surface area contributed by atoms with Crippen LogP contribution in [-0.2, 0) is 17.8 Å². The van der Waals surface area contributed by atoms with Crippen LogP contribution in [-0.4, -0.2) is 29.9 Å². The van der Waals surface area contributed by atoms with Gasteiger partial charge in [-0.2, -0.15) is 0 Å². The van der Waals surface area contributed by atoms with E-state index in [1.165, 1.54) is 49.7 Å². The van der Waals surface area contributed by atoms with Gasteiger partial charge in [0.25, 0.3) is 0 Å². The van der Waals surface area contributed by atoms with E-state index in [0.717, 1.165) is 26.1 Å². The van der Waals surface area contributed by atoms with Crippen LogP contribution in [0.5, 0.6) is 0 Å². The minimum absolute atomic E-state index is 0.302. The fourth-order valence-corrected chi connectivity index (χ4v) is 3.73. The van der Waals surface area contributed by atoms with Crippen molar-refractivity contribution in [2.45, 2.75) is 64.0 Å². The standard InChI is InChI=1S/C19H28N2O/c22-19(11-13-20-18-9-3-1-2-4-10-18)21-14-12-16-7-5-6-8-17(16)15-21/h5-8,18,20H,1-4,9-15H2. The summed E-state index contributed by atoms with van der Waals surface area (Å²) in [4.78, 5) is 14.4. The SMILES string of the molecule is O=C(CCNC1CCCCCC1)N1CCc2ccccc2C1. The van der Waals surface area contributed by atoms with Gasteiger partial charge in [0, 0.05) is 32.1 Å². The number of hydrogen-bond donors (Lipinski definition) is 1. The zero-order chi connectivity index (χ0) is 15.2. The van der Waals surface area contributed by atoms with Gasteiger partial charge in [0.05, 0.1) is 0 Å². The summed E-state index contributed by atoms with van der Waals surface area (Å²) in [6.45, 7) is 2.50. The Morgan fingerprint density at radius 3 is 2.59 bits per heavy atom. The third-order valence-corrected chi connectivity index (χ3v) is 5.11. The average molecular weight is 300 g/mol. The van der Waals surface area contributed by atoms with E-state index in [-0.39, 0.29) is 0 Å². The molecule has 1 heterocycles. The predicted octanol–water partition coefficient (Wildman–Crippen LogP) is 3.27. The van der Waals surface area contributed by atoms with Crippen LogP contribution < -0.4 is 5.32 Å². The predicted molar refractivity (Wildman–Crippen MR) is 89.7 cm³/mol. The summed E-state index contributed by atoms with van der Waals surface area (Å²) in [5.41, 5.74) is 2.72. The Bertz CT molecular complexity index is 492. The molecular weight excluding hydrogens is 272 g/mol. The van der Waals surface area contributed by atoms with Crippen LogP contribution in [0, 0.1) is 0 Å². The van der Waals surface area contributed by atoms with Crippen molar-refractivity contribution in [3.8, 4) is 0 Å². The fraction of sp³-hybridized carbons (Fsp3) is 0.632. The van der Waals surface area contributed by atoms with Crippen molar-refractivity contribution in [2.75, 3.05) is 13.1 Å². The first kappa shape index (κ1) is 15.5. The molecule has 1 N–H and O–H groups in total. The van der Waals surface area contributed by atoms with Gasteiger partial charge in [-0.15, -0.1) is 0 Å². The molecule has 1 aromatic carbocycles. The molecule has 3 nitrogen and oxygen atoms in total. The van der Waals surface area contributed by atoms with Crippen molar-refractivity contribution in [1.29, 1.82) is 0 Å². The number of benzene rings is 1. The van der Waals surface area contributed by atoms with Crippen molar-refractivity contribution < 1.29 is 4.79 Å². The summed E-state index contributed by atoms with van der Waals surface area (Å²) in [5.74, 6) is 0.302. The molecule has 1 aliphatic heterocycles. The molecule has 3 heteroatoms. The molecule has 2 aliphatic rings. The van der Waals surface area contributed by atoms with E-state index < -0.39 is 0 Å². The minimum atomic E-state index is 0.302. The molecule has 22 heavy (non-hydrogen) atoms. The van der Waals surface area contributed by atoms with Gasteiger partial charge in [-0.1, -0.05) is 49.9 Å². The number of nitrogens with one attached hydrogen (secondary N) is 1. The van der Waals surface area contributed by atoms with Gasteiger partial charge in [0.2, 0.25) is 5.91 Å². The summed E-state index contributed by atoms with van der Waals surface area (Å²) < 4.78 is 0. The molecule has 0 saturated heterocycles. The van der Waals surface area contributed by atoms with Crippen molar-refractivity contribution in [3.05, 3.63) is 35.4 Å². The van der Waals surface area contributed by atoms with Crippen molar-refractivity contribution >= 4 is 5.91 Å². The van der Waals surface area contributed by atoms with Crippen LogP contribution in [0.25, 0.3) is 0 Å². The summed E-state index contributed by atoms with van der Waals surface area (Å²) in [6.07, 6.45) is 9.64. The van der Waals surface area contributed by atoms with Crippen molar-refractivity contribution in [2.24, 2.45) is 0 Å². The zero-order valence-electron chi connectivity index (χ0n) is 13.5. The lowest BCUT2D eigenvalue weighted by Crippen LogP contribution is -2.38. The highest BCUT2D eigenvalue weighted by atomic mass is 16.2. The summed E-state index contributed by atoms with van der Waals surface area (Å²) >= 11 is 0. The molecule has 0 unspecified atom stereocenters. The topological polar surface area (TPSA) is 32.3 Å². The number of rotatable bonds is 4. The highest BCUT2D eigenvalue weighted by Gasteiger charge is 2.20. The van der Waals surface area contributed by atoms with Crippen LogP contribution in [0.3, 0.4) is 0 Å². The first-order valence-corrected chi connectivity index (χ1v) is 8.91. The quantitative estimate of drug-likeness (QED) is 0.866. The molecule has 1 amide bonds. The lowest BCUT2D eigenvalue weighted by Gasteiger charge is -2.29. The third kappa shape index (κ3) is 4.10. The smallest absolute Gasteiger partial charge is 0.224 e. The van der Waals surface area contributed by atoms with Crippen LogP contribution in [0.1, 0.15) is 56.1 Å². The number of nitrogens with zero attached hydrogens (tertiary/aromatic N) is 1. The Hall–Kier alpha value is -1.35. The lowest BCUT2D eigenvalue weighted by atomic mass is 10.00. The van der Waals surface area contributed by atoms with E-state index in [1.807, 2.05) is 4.90 Å². The second-order valence-electron chi connectivity index (χ2n) is 6.73. The van der Waals surface area contributed by atoms with Crippen molar-refractivity contribution in [1.82, 2.24) is 10.2 Å². The van der Waals surface area contributed by atoms with Gasteiger partial charge in [-0.3, -0.25) is 4.79 Å². The maximum atomic E-state index is 12.4. The molecule has 0 aromatic heterocycles. The van der Waals surface area contributed by atoms with E-state index in [0.29, 0.717) is 18.4 Å². The minimum Gasteiger partial charge on any atom is -0.338 e. The van der Waals surface area contributed by atoms with Crippen molar-refractivity contribution in [3.63, 3.8) is 0 Å². The Morgan fingerprint density at radius 1 is 1.09 bits per heavy atom. The monoisotopic (exact) mass is 300 g/mol. The number of carbonyl (C=O) groups is 1. The Kier molecular flexibility index (Phi) is 5.49. The first-order valence-electron chi connectivity index (χ1n) is 8.91. The van der Waals surface area contributed by atoms with E-state index in [1.54, 1.807) is 0 Å². The van der Waals surface area contributed by atoms with Gasteiger partial charge in [-0.25, -0.2) is 0 Å². The Labute approximate surface area is 134 Å². The molecule has 0 bridgehead atoms. The average Bonchev–Trinajstić information content (AvgIpc) is 2.83. The summed E-state index contributed by atoms with van der Waals surface area (Å²) in [5, 5.41) is 3.60. The number of carbonyl (C=O) groups excluding carboxylic acids is 1. The number of fused-ring (bicyclic) bond motifs is 1. The molecule has 1 saturated carbocycles. The van der Waals surface area contributed by atoms with Crippen LogP contribution >= 0.6 is 0 Å². The summed E-state index contributed by atoms with van der Waals surface area (Å²) in [6, 6.07) is 9.13. The molecule has 1 fully saturated rings.